The number of benzene rings is 1. The van der Waals surface area contributed by atoms with Gasteiger partial charge in [-0.25, -0.2) is 0 Å². The van der Waals surface area contributed by atoms with E-state index in [2.05, 4.69) is 5.92 Å². The lowest BCUT2D eigenvalue weighted by atomic mass is 10.00. The van der Waals surface area contributed by atoms with Crippen molar-refractivity contribution in [3.05, 3.63) is 23.8 Å². The average Bonchev–Trinajstić information content (AvgIpc) is 2.28. The van der Waals surface area contributed by atoms with Crippen molar-refractivity contribution in [2.45, 2.75) is 12.8 Å². The van der Waals surface area contributed by atoms with Gasteiger partial charge in [0, 0.05) is 17.9 Å². The molecule has 2 rings (SSSR count). The van der Waals surface area contributed by atoms with Gasteiger partial charge < -0.3 is 10.6 Å². The second-order valence-electron chi connectivity index (χ2n) is 3.55. The van der Waals surface area contributed by atoms with Crippen LogP contribution in [-0.4, -0.2) is 12.5 Å². The Kier molecular flexibility index (Phi) is 2.34. The highest BCUT2D eigenvalue weighted by molar-refractivity contribution is 6.06. The van der Waals surface area contributed by atoms with Crippen LogP contribution in [0.4, 0.5) is 11.4 Å². The number of rotatable bonds is 0. The molecule has 76 valence electrons. The van der Waals surface area contributed by atoms with Gasteiger partial charge in [-0.05, 0) is 36.5 Å². The third kappa shape index (κ3) is 1.55. The minimum absolute atomic E-state index is 0.290. The molecule has 2 N–H and O–H groups in total. The maximum atomic E-state index is 11.5. The fourth-order valence-electron chi connectivity index (χ4n) is 1.94. The Labute approximate surface area is 88.9 Å². The van der Waals surface area contributed by atoms with Gasteiger partial charge in [0.2, 0.25) is 0 Å². The van der Waals surface area contributed by atoms with E-state index in [1.165, 1.54) is 0 Å². The molecule has 1 aromatic carbocycles. The lowest BCUT2D eigenvalue weighted by Gasteiger charge is -2.28. The van der Waals surface area contributed by atoms with Crippen molar-refractivity contribution in [3.8, 4) is 12.3 Å². The molecule has 0 atom stereocenters. The van der Waals surface area contributed by atoms with Gasteiger partial charge in [-0.3, -0.25) is 4.79 Å². The SMILES string of the molecule is C#CC(=O)N1CCCc2c(N)cccc21. The zero-order valence-corrected chi connectivity index (χ0v) is 8.36. The molecule has 0 aliphatic carbocycles. The lowest BCUT2D eigenvalue weighted by Crippen LogP contribution is -2.34. The van der Waals surface area contributed by atoms with Crippen LogP contribution >= 0.6 is 0 Å². The van der Waals surface area contributed by atoms with Crippen LogP contribution in [0, 0.1) is 12.3 Å². The number of carbonyl (C=O) groups excluding carboxylic acids is 1. The van der Waals surface area contributed by atoms with Gasteiger partial charge in [0.15, 0.2) is 0 Å². The van der Waals surface area contributed by atoms with E-state index in [1.54, 1.807) is 4.90 Å². The third-order valence-corrected chi connectivity index (χ3v) is 2.66. The summed E-state index contributed by atoms with van der Waals surface area (Å²) in [5.41, 5.74) is 8.49. The van der Waals surface area contributed by atoms with Gasteiger partial charge in [-0.15, -0.1) is 6.42 Å². The molecule has 1 heterocycles. The molecule has 0 radical (unpaired) electrons. The first-order valence-corrected chi connectivity index (χ1v) is 4.89. The Hall–Kier alpha value is -1.95. The summed E-state index contributed by atoms with van der Waals surface area (Å²) in [7, 11) is 0. The van der Waals surface area contributed by atoms with Crippen LogP contribution in [0.15, 0.2) is 18.2 Å². The Bertz CT molecular complexity index is 445. The Balaban J connectivity index is 2.48. The van der Waals surface area contributed by atoms with E-state index in [4.69, 9.17) is 12.2 Å². The van der Waals surface area contributed by atoms with E-state index in [-0.39, 0.29) is 5.91 Å². The summed E-state index contributed by atoms with van der Waals surface area (Å²) in [4.78, 5) is 13.1. The average molecular weight is 200 g/mol. The number of terminal acetylenes is 1. The van der Waals surface area contributed by atoms with Gasteiger partial charge in [-0.1, -0.05) is 6.07 Å². The summed E-state index contributed by atoms with van der Waals surface area (Å²) in [5.74, 6) is 1.85. The summed E-state index contributed by atoms with van der Waals surface area (Å²) in [6, 6.07) is 5.58. The molecule has 15 heavy (non-hydrogen) atoms. The predicted molar refractivity (Wildman–Crippen MR) is 60.4 cm³/mol. The molecule has 0 saturated heterocycles. The van der Waals surface area contributed by atoms with Crippen molar-refractivity contribution < 1.29 is 4.79 Å². The summed E-state index contributed by atoms with van der Waals surface area (Å²) >= 11 is 0. The monoisotopic (exact) mass is 200 g/mol. The molecule has 0 fully saturated rings. The number of nitrogens with zero attached hydrogens (tertiary/aromatic N) is 1. The van der Waals surface area contributed by atoms with E-state index >= 15 is 0 Å². The zero-order valence-electron chi connectivity index (χ0n) is 8.36. The lowest BCUT2D eigenvalue weighted by molar-refractivity contribution is -0.113. The molecule has 0 bridgehead atoms. The first-order valence-electron chi connectivity index (χ1n) is 4.89. The van der Waals surface area contributed by atoms with E-state index in [9.17, 15) is 4.79 Å². The maximum Gasteiger partial charge on any atom is 0.302 e. The van der Waals surface area contributed by atoms with Crippen molar-refractivity contribution >= 4 is 17.3 Å². The molecule has 0 unspecified atom stereocenters. The molecule has 3 heteroatoms. The number of amides is 1. The van der Waals surface area contributed by atoms with E-state index in [0.717, 1.165) is 29.8 Å². The minimum Gasteiger partial charge on any atom is -0.398 e. The highest BCUT2D eigenvalue weighted by Gasteiger charge is 2.22. The van der Waals surface area contributed by atoms with Crippen LogP contribution in [0.25, 0.3) is 0 Å². The second-order valence-corrected chi connectivity index (χ2v) is 3.55. The van der Waals surface area contributed by atoms with Crippen LogP contribution in [-0.2, 0) is 11.2 Å². The zero-order chi connectivity index (χ0) is 10.8. The highest BCUT2D eigenvalue weighted by Crippen LogP contribution is 2.30. The number of carbonyl (C=O) groups is 1. The summed E-state index contributed by atoms with van der Waals surface area (Å²) in [6.07, 6.45) is 6.95. The Morgan fingerprint density at radius 2 is 2.33 bits per heavy atom. The fourth-order valence-corrected chi connectivity index (χ4v) is 1.94. The summed E-state index contributed by atoms with van der Waals surface area (Å²) < 4.78 is 0. The largest absolute Gasteiger partial charge is 0.398 e. The Morgan fingerprint density at radius 1 is 1.53 bits per heavy atom. The molecule has 0 saturated carbocycles. The number of nitrogen functional groups attached to an aromatic ring is 1. The van der Waals surface area contributed by atoms with Crippen LogP contribution in [0.2, 0.25) is 0 Å². The van der Waals surface area contributed by atoms with E-state index in [1.807, 2.05) is 18.2 Å². The van der Waals surface area contributed by atoms with Crippen molar-refractivity contribution in [2.24, 2.45) is 0 Å². The van der Waals surface area contributed by atoms with Gasteiger partial charge in [0.1, 0.15) is 0 Å². The topological polar surface area (TPSA) is 46.3 Å². The number of hydrogen-bond acceptors (Lipinski definition) is 2. The first-order chi connectivity index (χ1) is 7.24. The third-order valence-electron chi connectivity index (χ3n) is 2.66. The number of nitrogens with two attached hydrogens (primary N) is 1. The minimum atomic E-state index is -0.290. The quantitative estimate of drug-likeness (QED) is 0.505. The van der Waals surface area contributed by atoms with Crippen molar-refractivity contribution in [1.29, 1.82) is 0 Å². The van der Waals surface area contributed by atoms with Crippen molar-refractivity contribution in [1.82, 2.24) is 0 Å². The fraction of sp³-hybridized carbons (Fsp3) is 0.250. The molecule has 1 aliphatic rings. The van der Waals surface area contributed by atoms with E-state index < -0.39 is 0 Å². The first kappa shape index (κ1) is 9.60. The van der Waals surface area contributed by atoms with Crippen molar-refractivity contribution in [3.63, 3.8) is 0 Å². The van der Waals surface area contributed by atoms with Crippen molar-refractivity contribution in [2.75, 3.05) is 17.2 Å². The Morgan fingerprint density at radius 3 is 3.07 bits per heavy atom. The predicted octanol–water partition coefficient (Wildman–Crippen LogP) is 1.18. The van der Waals surface area contributed by atoms with Crippen LogP contribution in [0.1, 0.15) is 12.0 Å². The number of hydrogen-bond donors (Lipinski definition) is 1. The van der Waals surface area contributed by atoms with Crippen LogP contribution in [0.5, 0.6) is 0 Å². The summed E-state index contributed by atoms with van der Waals surface area (Å²) in [6.45, 7) is 0.680. The van der Waals surface area contributed by atoms with Gasteiger partial charge in [-0.2, -0.15) is 0 Å². The molecular weight excluding hydrogens is 188 g/mol. The molecule has 1 aromatic rings. The number of fused-ring (bicyclic) bond motifs is 1. The van der Waals surface area contributed by atoms with Crippen LogP contribution in [0.3, 0.4) is 0 Å². The number of anilines is 2. The maximum absolute atomic E-state index is 11.5. The van der Waals surface area contributed by atoms with E-state index in [0.29, 0.717) is 6.54 Å². The smallest absolute Gasteiger partial charge is 0.302 e. The standard InChI is InChI=1S/C12H12N2O/c1-2-12(15)14-8-4-5-9-10(13)6-3-7-11(9)14/h1,3,6-7H,4-5,8,13H2. The molecule has 1 amide bonds. The molecular formula is C12H12N2O. The molecule has 1 aliphatic heterocycles. The normalized spacial score (nSPS) is 14.2. The molecule has 0 aromatic heterocycles. The van der Waals surface area contributed by atoms with Crippen LogP contribution < -0.4 is 10.6 Å². The summed E-state index contributed by atoms with van der Waals surface area (Å²) in [5, 5.41) is 0. The van der Waals surface area contributed by atoms with Gasteiger partial charge >= 0.3 is 5.91 Å². The van der Waals surface area contributed by atoms with Gasteiger partial charge in [0.25, 0.3) is 0 Å². The van der Waals surface area contributed by atoms with Gasteiger partial charge in [0.05, 0.1) is 0 Å². The molecule has 3 nitrogen and oxygen atoms in total. The second kappa shape index (κ2) is 3.66. The molecule has 0 spiro atoms. The highest BCUT2D eigenvalue weighted by atomic mass is 16.2.